The first-order valence-corrected chi connectivity index (χ1v) is 5.20. The zero-order valence-corrected chi connectivity index (χ0v) is 8.58. The van der Waals surface area contributed by atoms with Crippen LogP contribution in [0.1, 0.15) is 16.7 Å². The Morgan fingerprint density at radius 3 is 3.06 bits per heavy atom. The van der Waals surface area contributed by atoms with Gasteiger partial charge in [0, 0.05) is 12.1 Å². The molecule has 1 amide bonds. The molecule has 1 aromatic carbocycles. The average molecular weight is 217 g/mol. The number of anilines is 1. The van der Waals surface area contributed by atoms with Gasteiger partial charge in [0.25, 0.3) is 5.91 Å². The molecule has 3 N–H and O–H groups in total. The first-order chi connectivity index (χ1) is 7.81. The number of carbonyl (C=O) groups excluding carboxylic acids is 1. The molecule has 16 heavy (non-hydrogen) atoms. The second kappa shape index (κ2) is 3.31. The van der Waals surface area contributed by atoms with Crippen molar-refractivity contribution in [3.05, 3.63) is 28.8 Å². The Kier molecular flexibility index (Phi) is 1.94. The minimum atomic E-state index is -0.329. The predicted octanol–water partition coefficient (Wildman–Crippen LogP) is 0.463. The third kappa shape index (κ3) is 1.15. The van der Waals surface area contributed by atoms with Crippen LogP contribution in [0.15, 0.2) is 17.3 Å². The molecule has 2 heterocycles. The lowest BCUT2D eigenvalue weighted by Gasteiger charge is -2.19. The van der Waals surface area contributed by atoms with E-state index in [2.05, 4.69) is 15.8 Å². The van der Waals surface area contributed by atoms with Gasteiger partial charge in [0.1, 0.15) is 0 Å². The Balaban J connectivity index is 2.21. The molecule has 0 radical (unpaired) electrons. The maximum absolute atomic E-state index is 11.5. The van der Waals surface area contributed by atoms with Gasteiger partial charge in [0.2, 0.25) is 0 Å². The topological polar surface area (TPSA) is 73.7 Å². The monoisotopic (exact) mass is 217 g/mol. The summed E-state index contributed by atoms with van der Waals surface area (Å²) in [6.07, 6.45) is 0.886. The summed E-state index contributed by atoms with van der Waals surface area (Å²) in [6, 6.07) is 3.81. The lowest BCUT2D eigenvalue weighted by molar-refractivity contribution is -0.110. The molecule has 0 saturated heterocycles. The minimum absolute atomic E-state index is 0.108. The van der Waals surface area contributed by atoms with E-state index < -0.39 is 0 Å². The zero-order chi connectivity index (χ0) is 11.1. The van der Waals surface area contributed by atoms with Crippen LogP contribution in [0.5, 0.6) is 0 Å². The lowest BCUT2D eigenvalue weighted by atomic mass is 9.96. The van der Waals surface area contributed by atoms with Gasteiger partial charge in [0.15, 0.2) is 5.71 Å². The molecular formula is C11H11N3O2. The van der Waals surface area contributed by atoms with E-state index in [4.69, 9.17) is 5.21 Å². The van der Waals surface area contributed by atoms with Gasteiger partial charge in [-0.1, -0.05) is 17.3 Å². The van der Waals surface area contributed by atoms with Crippen molar-refractivity contribution in [1.29, 1.82) is 0 Å². The molecule has 3 rings (SSSR count). The van der Waals surface area contributed by atoms with Crippen LogP contribution in [-0.4, -0.2) is 23.4 Å². The molecule has 2 aliphatic rings. The Bertz CT molecular complexity index is 508. The number of hydrogen-bond acceptors (Lipinski definition) is 4. The van der Waals surface area contributed by atoms with Gasteiger partial charge in [-0.25, -0.2) is 0 Å². The summed E-state index contributed by atoms with van der Waals surface area (Å²) in [6.45, 7) is 1.73. The highest BCUT2D eigenvalue weighted by Crippen LogP contribution is 2.31. The van der Waals surface area contributed by atoms with Crippen LogP contribution < -0.4 is 10.6 Å². The van der Waals surface area contributed by atoms with Crippen LogP contribution in [0.2, 0.25) is 0 Å². The number of hydrogen-bond donors (Lipinski definition) is 3. The van der Waals surface area contributed by atoms with Crippen molar-refractivity contribution in [3.63, 3.8) is 0 Å². The van der Waals surface area contributed by atoms with Crippen LogP contribution in [0, 0.1) is 0 Å². The number of nitrogens with zero attached hydrogens (tertiary/aromatic N) is 1. The highest BCUT2D eigenvalue weighted by molar-refractivity contribution is 6.53. The highest BCUT2D eigenvalue weighted by Gasteiger charge is 2.30. The van der Waals surface area contributed by atoms with E-state index in [1.54, 1.807) is 0 Å². The summed E-state index contributed by atoms with van der Waals surface area (Å²) >= 11 is 0. The van der Waals surface area contributed by atoms with Gasteiger partial charge in [-0.15, -0.1) is 0 Å². The molecule has 82 valence electrons. The van der Waals surface area contributed by atoms with Crippen molar-refractivity contribution in [2.75, 3.05) is 11.9 Å². The smallest absolute Gasteiger partial charge is 0.278 e. The highest BCUT2D eigenvalue weighted by atomic mass is 16.4. The van der Waals surface area contributed by atoms with Gasteiger partial charge < -0.3 is 15.8 Å². The van der Waals surface area contributed by atoms with Crippen molar-refractivity contribution in [1.82, 2.24) is 5.32 Å². The number of fused-ring (bicyclic) bond motifs is 3. The Morgan fingerprint density at radius 1 is 1.38 bits per heavy atom. The normalized spacial score (nSPS) is 20.5. The summed E-state index contributed by atoms with van der Waals surface area (Å²) in [5, 5.41) is 17.9. The Labute approximate surface area is 92.1 Å². The molecule has 0 aliphatic carbocycles. The number of rotatable bonds is 0. The quantitative estimate of drug-likeness (QED) is 0.436. The summed E-state index contributed by atoms with van der Waals surface area (Å²) < 4.78 is 0. The molecule has 0 unspecified atom stereocenters. The second-order valence-electron chi connectivity index (χ2n) is 3.96. The molecular weight excluding hydrogens is 206 g/mol. The summed E-state index contributed by atoms with van der Waals surface area (Å²) in [4.78, 5) is 11.5. The van der Waals surface area contributed by atoms with E-state index in [1.165, 1.54) is 5.56 Å². The van der Waals surface area contributed by atoms with Gasteiger partial charge in [-0.2, -0.15) is 0 Å². The van der Waals surface area contributed by atoms with Crippen molar-refractivity contribution < 1.29 is 10.0 Å². The van der Waals surface area contributed by atoms with Crippen LogP contribution in [0.4, 0.5) is 5.69 Å². The minimum Gasteiger partial charge on any atom is -0.410 e. The molecule has 5 heteroatoms. The fraction of sp³-hybridized carbons (Fsp3) is 0.273. The molecule has 0 fully saturated rings. The van der Waals surface area contributed by atoms with E-state index in [-0.39, 0.29) is 11.6 Å². The zero-order valence-electron chi connectivity index (χ0n) is 8.58. The van der Waals surface area contributed by atoms with E-state index in [0.717, 1.165) is 30.8 Å². The van der Waals surface area contributed by atoms with Gasteiger partial charge in [-0.3, -0.25) is 4.79 Å². The fourth-order valence-electron chi connectivity index (χ4n) is 2.31. The van der Waals surface area contributed by atoms with E-state index in [0.29, 0.717) is 5.56 Å². The molecule has 2 aliphatic heterocycles. The molecule has 0 bridgehead atoms. The molecule has 0 saturated carbocycles. The lowest BCUT2D eigenvalue weighted by Crippen LogP contribution is -2.24. The van der Waals surface area contributed by atoms with Crippen LogP contribution in [0.3, 0.4) is 0 Å². The fourth-order valence-corrected chi connectivity index (χ4v) is 2.31. The van der Waals surface area contributed by atoms with Crippen molar-refractivity contribution in [3.8, 4) is 0 Å². The van der Waals surface area contributed by atoms with Gasteiger partial charge in [-0.05, 0) is 24.1 Å². The molecule has 0 atom stereocenters. The molecule has 0 aromatic heterocycles. The van der Waals surface area contributed by atoms with Crippen LogP contribution in [0.25, 0.3) is 0 Å². The van der Waals surface area contributed by atoms with Gasteiger partial charge >= 0.3 is 0 Å². The Hall–Kier alpha value is -1.88. The van der Waals surface area contributed by atoms with E-state index in [9.17, 15) is 4.79 Å². The maximum atomic E-state index is 11.5. The number of nitrogens with one attached hydrogen (secondary N) is 2. The third-order valence-electron chi connectivity index (χ3n) is 3.09. The SMILES string of the molecule is O=C1Nc2c(ccc3c2CCNC3)/C1=N/O. The summed E-state index contributed by atoms with van der Waals surface area (Å²) in [5.74, 6) is -0.329. The first-order valence-electron chi connectivity index (χ1n) is 5.20. The van der Waals surface area contributed by atoms with Crippen LogP contribution >= 0.6 is 0 Å². The van der Waals surface area contributed by atoms with E-state index >= 15 is 0 Å². The number of oxime groups is 1. The number of benzene rings is 1. The second-order valence-corrected chi connectivity index (χ2v) is 3.96. The average Bonchev–Trinajstić information content (AvgIpc) is 2.65. The standard InChI is InChI=1S/C11H11N3O2/c15-11-10(14-16)8-2-1-6-5-12-4-3-7(6)9(8)13-11/h1-2,12,16H,3-5H2,(H,13,14,15). The van der Waals surface area contributed by atoms with E-state index in [1.807, 2.05) is 12.1 Å². The van der Waals surface area contributed by atoms with Gasteiger partial charge in [0.05, 0.1) is 5.69 Å². The van der Waals surface area contributed by atoms with Crippen molar-refractivity contribution >= 4 is 17.3 Å². The number of amides is 1. The molecule has 1 aromatic rings. The summed E-state index contributed by atoms with van der Waals surface area (Å²) in [7, 11) is 0. The largest absolute Gasteiger partial charge is 0.410 e. The predicted molar refractivity (Wildman–Crippen MR) is 58.8 cm³/mol. The maximum Gasteiger partial charge on any atom is 0.278 e. The Morgan fingerprint density at radius 2 is 2.25 bits per heavy atom. The molecule has 5 nitrogen and oxygen atoms in total. The van der Waals surface area contributed by atoms with Crippen LogP contribution in [-0.2, 0) is 17.8 Å². The van der Waals surface area contributed by atoms with Crippen molar-refractivity contribution in [2.45, 2.75) is 13.0 Å². The number of carbonyl (C=O) groups is 1. The summed E-state index contributed by atoms with van der Waals surface area (Å²) in [5.41, 5.74) is 3.98. The third-order valence-corrected chi connectivity index (χ3v) is 3.09. The van der Waals surface area contributed by atoms with Crippen molar-refractivity contribution in [2.24, 2.45) is 5.16 Å². The first kappa shape index (κ1) is 9.35. The molecule has 0 spiro atoms.